The van der Waals surface area contributed by atoms with Crippen LogP contribution in [0.5, 0.6) is 5.75 Å². The number of halogens is 1. The third kappa shape index (κ3) is 2.60. The van der Waals surface area contributed by atoms with Gasteiger partial charge in [-0.15, -0.1) is 0 Å². The van der Waals surface area contributed by atoms with Gasteiger partial charge in [-0.1, -0.05) is 23.7 Å². The molecule has 0 saturated heterocycles. The lowest BCUT2D eigenvalue weighted by Crippen LogP contribution is -2.18. The predicted octanol–water partition coefficient (Wildman–Crippen LogP) is 2.92. The number of ether oxygens (including phenoxy) is 1. The summed E-state index contributed by atoms with van der Waals surface area (Å²) in [5, 5.41) is 4.80. The van der Waals surface area contributed by atoms with Gasteiger partial charge >= 0.3 is 0 Å². The molecule has 4 nitrogen and oxygen atoms in total. The highest BCUT2D eigenvalue weighted by molar-refractivity contribution is 6.31. The summed E-state index contributed by atoms with van der Waals surface area (Å²) >= 11 is 6.19. The Hall–Kier alpha value is -1.52. The first-order valence-electron chi connectivity index (χ1n) is 6.19. The molecule has 1 aromatic heterocycles. The van der Waals surface area contributed by atoms with Crippen molar-refractivity contribution in [1.82, 2.24) is 9.78 Å². The summed E-state index contributed by atoms with van der Waals surface area (Å²) in [5.74, 6) is 0.771. The fourth-order valence-corrected chi connectivity index (χ4v) is 2.41. The summed E-state index contributed by atoms with van der Waals surface area (Å²) in [5.41, 5.74) is 9.19. The SMILES string of the molecule is CCn1ncc(Cl)c1C(N)c1ccc(C)cc1OC. The van der Waals surface area contributed by atoms with Gasteiger partial charge in [-0.2, -0.15) is 5.10 Å². The molecule has 0 saturated carbocycles. The van der Waals surface area contributed by atoms with Crippen LogP contribution in [0.25, 0.3) is 0 Å². The quantitative estimate of drug-likeness (QED) is 0.936. The van der Waals surface area contributed by atoms with E-state index in [1.165, 1.54) is 0 Å². The number of nitrogens with two attached hydrogens (primary N) is 1. The van der Waals surface area contributed by atoms with Gasteiger partial charge in [0.15, 0.2) is 0 Å². The topological polar surface area (TPSA) is 53.1 Å². The number of rotatable bonds is 4. The number of aryl methyl sites for hydroxylation is 2. The van der Waals surface area contributed by atoms with Gasteiger partial charge in [0, 0.05) is 12.1 Å². The molecule has 0 fully saturated rings. The van der Waals surface area contributed by atoms with Crippen LogP contribution in [0.1, 0.15) is 29.8 Å². The molecule has 0 aliphatic carbocycles. The zero-order chi connectivity index (χ0) is 14.0. The van der Waals surface area contributed by atoms with Crippen LogP contribution in [-0.4, -0.2) is 16.9 Å². The van der Waals surface area contributed by atoms with E-state index >= 15 is 0 Å². The van der Waals surface area contributed by atoms with Crippen LogP contribution in [0, 0.1) is 6.92 Å². The highest BCUT2D eigenvalue weighted by Gasteiger charge is 2.21. The molecule has 2 rings (SSSR count). The lowest BCUT2D eigenvalue weighted by atomic mass is 10.0. The Morgan fingerprint density at radius 1 is 1.47 bits per heavy atom. The Balaban J connectivity index is 2.49. The van der Waals surface area contributed by atoms with Gasteiger partial charge in [-0.05, 0) is 25.5 Å². The number of aromatic nitrogens is 2. The molecule has 0 aliphatic rings. The fourth-order valence-electron chi connectivity index (χ4n) is 2.16. The molecular formula is C14H18ClN3O. The van der Waals surface area contributed by atoms with Gasteiger partial charge in [0.1, 0.15) is 5.75 Å². The number of benzene rings is 1. The van der Waals surface area contributed by atoms with Crippen molar-refractivity contribution in [3.05, 3.63) is 46.2 Å². The smallest absolute Gasteiger partial charge is 0.124 e. The highest BCUT2D eigenvalue weighted by Crippen LogP contribution is 2.32. The van der Waals surface area contributed by atoms with Crippen molar-refractivity contribution in [2.75, 3.05) is 7.11 Å². The molecular weight excluding hydrogens is 262 g/mol. The van der Waals surface area contributed by atoms with Crippen molar-refractivity contribution in [3.8, 4) is 5.75 Å². The molecule has 1 atom stereocenters. The first kappa shape index (κ1) is 13.9. The van der Waals surface area contributed by atoms with Crippen molar-refractivity contribution in [1.29, 1.82) is 0 Å². The van der Waals surface area contributed by atoms with E-state index in [1.54, 1.807) is 13.3 Å². The standard InChI is InChI=1S/C14H18ClN3O/c1-4-18-14(11(15)8-17-18)13(16)10-6-5-9(2)7-12(10)19-3/h5-8,13H,4,16H2,1-3H3. The largest absolute Gasteiger partial charge is 0.496 e. The zero-order valence-corrected chi connectivity index (χ0v) is 12.1. The van der Waals surface area contributed by atoms with Crippen LogP contribution >= 0.6 is 11.6 Å². The summed E-state index contributed by atoms with van der Waals surface area (Å²) < 4.78 is 7.22. The first-order valence-corrected chi connectivity index (χ1v) is 6.57. The van der Waals surface area contributed by atoms with Gasteiger partial charge < -0.3 is 10.5 Å². The number of hydrogen-bond acceptors (Lipinski definition) is 3. The molecule has 0 spiro atoms. The van der Waals surface area contributed by atoms with Crippen molar-refractivity contribution in [3.63, 3.8) is 0 Å². The van der Waals surface area contributed by atoms with E-state index in [2.05, 4.69) is 5.10 Å². The van der Waals surface area contributed by atoms with Crippen LogP contribution < -0.4 is 10.5 Å². The van der Waals surface area contributed by atoms with Gasteiger partial charge in [0.05, 0.1) is 30.1 Å². The summed E-state index contributed by atoms with van der Waals surface area (Å²) in [7, 11) is 1.64. The average Bonchev–Trinajstić information content (AvgIpc) is 2.78. The molecule has 1 aromatic carbocycles. The van der Waals surface area contributed by atoms with Crippen LogP contribution in [0.2, 0.25) is 5.02 Å². The normalized spacial score (nSPS) is 12.5. The second-order valence-corrected chi connectivity index (χ2v) is 4.82. The lowest BCUT2D eigenvalue weighted by Gasteiger charge is -2.18. The van der Waals surface area contributed by atoms with Crippen molar-refractivity contribution < 1.29 is 4.74 Å². The van der Waals surface area contributed by atoms with Crippen molar-refractivity contribution >= 4 is 11.6 Å². The maximum Gasteiger partial charge on any atom is 0.124 e. The molecule has 0 radical (unpaired) electrons. The van der Waals surface area contributed by atoms with Crippen LogP contribution in [0.4, 0.5) is 0 Å². The van der Waals surface area contributed by atoms with E-state index in [9.17, 15) is 0 Å². The third-order valence-corrected chi connectivity index (χ3v) is 3.44. The summed E-state index contributed by atoms with van der Waals surface area (Å²) in [6.07, 6.45) is 1.63. The molecule has 1 heterocycles. The Bertz CT molecular complexity index is 580. The molecule has 0 amide bonds. The van der Waals surface area contributed by atoms with Crippen molar-refractivity contribution in [2.24, 2.45) is 5.73 Å². The van der Waals surface area contributed by atoms with Gasteiger partial charge in [-0.3, -0.25) is 4.68 Å². The van der Waals surface area contributed by atoms with E-state index in [-0.39, 0.29) is 6.04 Å². The molecule has 0 bridgehead atoms. The van der Waals surface area contributed by atoms with Gasteiger partial charge in [0.25, 0.3) is 0 Å². The third-order valence-electron chi connectivity index (χ3n) is 3.15. The van der Waals surface area contributed by atoms with Gasteiger partial charge in [0.2, 0.25) is 0 Å². The molecule has 19 heavy (non-hydrogen) atoms. The van der Waals surface area contributed by atoms with Crippen LogP contribution in [0.3, 0.4) is 0 Å². The summed E-state index contributed by atoms with van der Waals surface area (Å²) in [4.78, 5) is 0. The second kappa shape index (κ2) is 5.63. The molecule has 2 N–H and O–H groups in total. The minimum atomic E-state index is -0.356. The molecule has 102 valence electrons. The van der Waals surface area contributed by atoms with E-state index in [0.717, 1.165) is 29.1 Å². The lowest BCUT2D eigenvalue weighted by molar-refractivity contribution is 0.406. The summed E-state index contributed by atoms with van der Waals surface area (Å²) in [6.45, 7) is 4.75. The maximum absolute atomic E-state index is 6.34. The number of nitrogens with zero attached hydrogens (tertiary/aromatic N) is 2. The molecule has 2 aromatic rings. The minimum absolute atomic E-state index is 0.356. The van der Waals surface area contributed by atoms with E-state index in [1.807, 2.05) is 36.7 Å². The molecule has 0 aliphatic heterocycles. The van der Waals surface area contributed by atoms with E-state index in [0.29, 0.717) is 5.02 Å². The van der Waals surface area contributed by atoms with E-state index in [4.69, 9.17) is 22.1 Å². The second-order valence-electron chi connectivity index (χ2n) is 4.42. The van der Waals surface area contributed by atoms with Crippen LogP contribution in [0.15, 0.2) is 24.4 Å². The van der Waals surface area contributed by atoms with Crippen molar-refractivity contribution in [2.45, 2.75) is 26.4 Å². The fraction of sp³-hybridized carbons (Fsp3) is 0.357. The molecule has 1 unspecified atom stereocenters. The van der Waals surface area contributed by atoms with Crippen LogP contribution in [-0.2, 0) is 6.54 Å². The zero-order valence-electron chi connectivity index (χ0n) is 11.4. The number of hydrogen-bond donors (Lipinski definition) is 1. The van der Waals surface area contributed by atoms with Gasteiger partial charge in [-0.25, -0.2) is 0 Å². The number of methoxy groups -OCH3 is 1. The Labute approximate surface area is 118 Å². The first-order chi connectivity index (χ1) is 9.08. The maximum atomic E-state index is 6.34. The monoisotopic (exact) mass is 279 g/mol. The van der Waals surface area contributed by atoms with E-state index < -0.39 is 0 Å². The highest BCUT2D eigenvalue weighted by atomic mass is 35.5. The minimum Gasteiger partial charge on any atom is -0.496 e. The predicted molar refractivity (Wildman–Crippen MR) is 76.7 cm³/mol. The Morgan fingerprint density at radius 3 is 2.84 bits per heavy atom. The Morgan fingerprint density at radius 2 is 2.21 bits per heavy atom. The average molecular weight is 280 g/mol. The Kier molecular flexibility index (Phi) is 4.12. The summed E-state index contributed by atoms with van der Waals surface area (Å²) in [6, 6.07) is 5.60. The molecule has 5 heteroatoms.